The van der Waals surface area contributed by atoms with Gasteiger partial charge in [0.05, 0.1) is 7.11 Å². The van der Waals surface area contributed by atoms with E-state index < -0.39 is 0 Å². The number of nitrogens with one attached hydrogen (secondary N) is 1. The fraction of sp³-hybridized carbons (Fsp3) is 0.538. The number of phenols is 1. The Kier molecular flexibility index (Phi) is 5.80. The van der Waals surface area contributed by atoms with E-state index in [-0.39, 0.29) is 12.4 Å². The number of phenolic OH excluding ortho intramolecular Hbond substituents is 1. The van der Waals surface area contributed by atoms with Crippen LogP contribution < -0.4 is 10.1 Å². The topological polar surface area (TPSA) is 61.7 Å². The normalized spacial score (nSPS) is 12.4. The highest BCUT2D eigenvalue weighted by molar-refractivity contribution is 5.41. The van der Waals surface area contributed by atoms with Crippen LogP contribution in [0.4, 0.5) is 0 Å². The molecular formula is C13H21NO3. The Balaban J connectivity index is 2.44. The minimum absolute atomic E-state index is 0.162. The van der Waals surface area contributed by atoms with Crippen molar-refractivity contribution in [3.8, 4) is 11.5 Å². The van der Waals surface area contributed by atoms with Crippen molar-refractivity contribution in [2.45, 2.75) is 32.4 Å². The van der Waals surface area contributed by atoms with E-state index in [4.69, 9.17) is 9.84 Å². The molecule has 3 N–H and O–H groups in total. The Labute approximate surface area is 102 Å². The number of aromatic hydroxyl groups is 1. The second-order valence-electron chi connectivity index (χ2n) is 4.15. The third-order valence-corrected chi connectivity index (χ3v) is 2.69. The molecule has 0 amide bonds. The van der Waals surface area contributed by atoms with Gasteiger partial charge in [0.15, 0.2) is 11.5 Å². The molecule has 0 saturated heterocycles. The molecule has 4 heteroatoms. The Morgan fingerprint density at radius 2 is 2.18 bits per heavy atom. The van der Waals surface area contributed by atoms with Gasteiger partial charge in [-0.1, -0.05) is 6.07 Å². The summed E-state index contributed by atoms with van der Waals surface area (Å²) in [5, 5.41) is 21.7. The number of methoxy groups -OCH3 is 1. The van der Waals surface area contributed by atoms with Gasteiger partial charge in [-0.3, -0.25) is 0 Å². The monoisotopic (exact) mass is 239 g/mol. The number of ether oxygens (including phenoxy) is 1. The molecule has 0 radical (unpaired) electrons. The number of rotatable bonds is 7. The molecule has 0 aliphatic carbocycles. The Bertz CT molecular complexity index is 341. The average molecular weight is 239 g/mol. The minimum Gasteiger partial charge on any atom is -0.504 e. The third kappa shape index (κ3) is 4.63. The largest absolute Gasteiger partial charge is 0.504 e. The molecular weight excluding hydrogens is 218 g/mol. The molecule has 0 aliphatic rings. The van der Waals surface area contributed by atoms with E-state index in [0.29, 0.717) is 18.3 Å². The van der Waals surface area contributed by atoms with Crippen LogP contribution in [-0.2, 0) is 6.54 Å². The SMILES string of the molecule is COc1ccc(CNC(C)CCCO)cc1O. The van der Waals surface area contributed by atoms with E-state index in [1.807, 2.05) is 6.07 Å². The smallest absolute Gasteiger partial charge is 0.160 e. The number of benzene rings is 1. The molecule has 4 nitrogen and oxygen atoms in total. The second-order valence-corrected chi connectivity index (χ2v) is 4.15. The first-order valence-corrected chi connectivity index (χ1v) is 5.87. The fourth-order valence-corrected chi connectivity index (χ4v) is 1.64. The summed E-state index contributed by atoms with van der Waals surface area (Å²) >= 11 is 0. The van der Waals surface area contributed by atoms with Crippen LogP contribution in [0.15, 0.2) is 18.2 Å². The summed E-state index contributed by atoms with van der Waals surface area (Å²) in [5.41, 5.74) is 1.01. The zero-order valence-electron chi connectivity index (χ0n) is 10.4. The first-order valence-electron chi connectivity index (χ1n) is 5.87. The standard InChI is InChI=1S/C13H21NO3/c1-10(4-3-7-15)14-9-11-5-6-13(17-2)12(16)8-11/h5-6,8,10,14-16H,3-4,7,9H2,1-2H3. The van der Waals surface area contributed by atoms with Crippen LogP contribution in [0.3, 0.4) is 0 Å². The maximum absolute atomic E-state index is 9.61. The molecule has 1 aromatic rings. The Hall–Kier alpha value is -1.26. The lowest BCUT2D eigenvalue weighted by Gasteiger charge is -2.13. The van der Waals surface area contributed by atoms with Crippen molar-refractivity contribution in [3.63, 3.8) is 0 Å². The maximum Gasteiger partial charge on any atom is 0.160 e. The van der Waals surface area contributed by atoms with Gasteiger partial charge in [-0.25, -0.2) is 0 Å². The van der Waals surface area contributed by atoms with Gasteiger partial charge in [0.25, 0.3) is 0 Å². The van der Waals surface area contributed by atoms with Crippen LogP contribution in [0.1, 0.15) is 25.3 Å². The van der Waals surface area contributed by atoms with Gasteiger partial charge < -0.3 is 20.3 Å². The van der Waals surface area contributed by atoms with Crippen molar-refractivity contribution in [3.05, 3.63) is 23.8 Å². The molecule has 0 bridgehead atoms. The minimum atomic E-state index is 0.162. The molecule has 0 saturated carbocycles. The average Bonchev–Trinajstić information content (AvgIpc) is 2.34. The molecule has 1 rings (SSSR count). The molecule has 0 spiro atoms. The number of aliphatic hydroxyl groups is 1. The first kappa shape index (κ1) is 13.8. The molecule has 1 atom stereocenters. The predicted octanol–water partition coefficient (Wildman–Crippen LogP) is 1.65. The highest BCUT2D eigenvalue weighted by Crippen LogP contribution is 2.26. The molecule has 17 heavy (non-hydrogen) atoms. The van der Waals surface area contributed by atoms with Gasteiger partial charge in [-0.15, -0.1) is 0 Å². The first-order chi connectivity index (χ1) is 8.17. The molecule has 0 heterocycles. The number of aliphatic hydroxyl groups excluding tert-OH is 1. The van der Waals surface area contributed by atoms with Gasteiger partial charge in [0, 0.05) is 19.2 Å². The molecule has 0 fully saturated rings. The number of hydrogen-bond acceptors (Lipinski definition) is 4. The fourth-order valence-electron chi connectivity index (χ4n) is 1.64. The summed E-state index contributed by atoms with van der Waals surface area (Å²) in [6, 6.07) is 5.73. The van der Waals surface area contributed by atoms with E-state index >= 15 is 0 Å². The van der Waals surface area contributed by atoms with Gasteiger partial charge in [-0.2, -0.15) is 0 Å². The van der Waals surface area contributed by atoms with Crippen LogP contribution in [0.2, 0.25) is 0 Å². The van der Waals surface area contributed by atoms with Crippen LogP contribution >= 0.6 is 0 Å². The van der Waals surface area contributed by atoms with Crippen molar-refractivity contribution >= 4 is 0 Å². The lowest BCUT2D eigenvalue weighted by molar-refractivity contribution is 0.276. The zero-order chi connectivity index (χ0) is 12.7. The van der Waals surface area contributed by atoms with E-state index in [0.717, 1.165) is 18.4 Å². The summed E-state index contributed by atoms with van der Waals surface area (Å²) < 4.78 is 4.98. The van der Waals surface area contributed by atoms with Gasteiger partial charge in [-0.05, 0) is 37.5 Å². The van der Waals surface area contributed by atoms with Crippen molar-refractivity contribution in [2.24, 2.45) is 0 Å². The Morgan fingerprint density at radius 3 is 2.76 bits per heavy atom. The van der Waals surface area contributed by atoms with Gasteiger partial charge in [0.2, 0.25) is 0 Å². The number of hydrogen-bond donors (Lipinski definition) is 3. The van der Waals surface area contributed by atoms with Gasteiger partial charge >= 0.3 is 0 Å². The van der Waals surface area contributed by atoms with E-state index in [2.05, 4.69) is 12.2 Å². The molecule has 0 aliphatic heterocycles. The highest BCUT2D eigenvalue weighted by atomic mass is 16.5. The van der Waals surface area contributed by atoms with E-state index in [9.17, 15) is 5.11 Å². The van der Waals surface area contributed by atoms with Crippen LogP contribution in [-0.4, -0.2) is 30.0 Å². The van der Waals surface area contributed by atoms with E-state index in [1.165, 1.54) is 7.11 Å². The summed E-state index contributed by atoms with van der Waals surface area (Å²) in [6.45, 7) is 3.01. The third-order valence-electron chi connectivity index (χ3n) is 2.69. The van der Waals surface area contributed by atoms with Crippen LogP contribution in [0.25, 0.3) is 0 Å². The van der Waals surface area contributed by atoms with Gasteiger partial charge in [0.1, 0.15) is 0 Å². The summed E-state index contributed by atoms with van der Waals surface area (Å²) in [6.07, 6.45) is 1.75. The molecule has 1 aromatic carbocycles. The van der Waals surface area contributed by atoms with Crippen molar-refractivity contribution in [1.29, 1.82) is 0 Å². The summed E-state index contributed by atoms with van der Waals surface area (Å²) in [7, 11) is 1.53. The highest BCUT2D eigenvalue weighted by Gasteiger charge is 2.04. The zero-order valence-corrected chi connectivity index (χ0v) is 10.4. The van der Waals surface area contributed by atoms with Crippen LogP contribution in [0, 0.1) is 0 Å². The molecule has 0 aromatic heterocycles. The van der Waals surface area contributed by atoms with Crippen LogP contribution in [0.5, 0.6) is 11.5 Å². The quantitative estimate of drug-likeness (QED) is 0.677. The molecule has 96 valence electrons. The molecule has 1 unspecified atom stereocenters. The summed E-state index contributed by atoms with van der Waals surface area (Å²) in [4.78, 5) is 0. The van der Waals surface area contributed by atoms with Crippen molar-refractivity contribution < 1.29 is 14.9 Å². The Morgan fingerprint density at radius 1 is 1.41 bits per heavy atom. The lowest BCUT2D eigenvalue weighted by atomic mass is 10.1. The second kappa shape index (κ2) is 7.14. The lowest BCUT2D eigenvalue weighted by Crippen LogP contribution is -2.25. The van der Waals surface area contributed by atoms with Crippen molar-refractivity contribution in [2.75, 3.05) is 13.7 Å². The van der Waals surface area contributed by atoms with Crippen molar-refractivity contribution in [1.82, 2.24) is 5.32 Å². The van der Waals surface area contributed by atoms with E-state index in [1.54, 1.807) is 12.1 Å². The summed E-state index contributed by atoms with van der Waals surface area (Å²) in [5.74, 6) is 0.650. The maximum atomic E-state index is 9.61. The predicted molar refractivity (Wildman–Crippen MR) is 67.3 cm³/mol.